The van der Waals surface area contributed by atoms with Gasteiger partial charge in [-0.25, -0.2) is 9.78 Å². The van der Waals surface area contributed by atoms with Crippen LogP contribution in [-0.4, -0.2) is 41.6 Å². The number of pyridine rings is 1. The van der Waals surface area contributed by atoms with Crippen molar-refractivity contribution in [1.29, 1.82) is 0 Å². The average molecular weight is 262 g/mol. The number of carbonyl (C=O) groups is 1. The van der Waals surface area contributed by atoms with Crippen LogP contribution in [0.15, 0.2) is 18.2 Å². The van der Waals surface area contributed by atoms with E-state index in [1.54, 1.807) is 0 Å². The number of piperidine rings is 1. The van der Waals surface area contributed by atoms with Crippen molar-refractivity contribution in [3.05, 3.63) is 23.9 Å². The highest BCUT2D eigenvalue weighted by molar-refractivity contribution is 5.74. The van der Waals surface area contributed by atoms with Gasteiger partial charge in [0, 0.05) is 31.4 Å². The number of hydrogen-bond donors (Lipinski definition) is 2. The molecule has 0 unspecified atom stereocenters. The van der Waals surface area contributed by atoms with Gasteiger partial charge in [-0.3, -0.25) is 0 Å². The lowest BCUT2D eigenvalue weighted by Gasteiger charge is -2.32. The summed E-state index contributed by atoms with van der Waals surface area (Å²) in [5, 5.41) is 6.29. The van der Waals surface area contributed by atoms with Crippen LogP contribution in [0.3, 0.4) is 0 Å². The molecule has 2 amide bonds. The second-order valence-electron chi connectivity index (χ2n) is 4.91. The minimum absolute atomic E-state index is 0.0506. The van der Waals surface area contributed by atoms with Crippen molar-refractivity contribution >= 4 is 11.8 Å². The minimum atomic E-state index is 0.0506. The molecule has 0 aliphatic carbocycles. The first-order chi connectivity index (χ1) is 9.19. The molecule has 0 radical (unpaired) electrons. The summed E-state index contributed by atoms with van der Waals surface area (Å²) in [7, 11) is 0. The van der Waals surface area contributed by atoms with Gasteiger partial charge in [-0.2, -0.15) is 0 Å². The van der Waals surface area contributed by atoms with E-state index >= 15 is 0 Å². The quantitative estimate of drug-likeness (QED) is 0.876. The Bertz CT molecular complexity index is 427. The number of hydrogen-bond acceptors (Lipinski definition) is 3. The molecule has 1 aliphatic heterocycles. The summed E-state index contributed by atoms with van der Waals surface area (Å²) >= 11 is 0. The predicted molar refractivity (Wildman–Crippen MR) is 76.3 cm³/mol. The normalized spacial score (nSPS) is 16.2. The molecule has 1 fully saturated rings. The molecule has 2 heterocycles. The van der Waals surface area contributed by atoms with E-state index in [1.165, 1.54) is 0 Å². The largest absolute Gasteiger partial charge is 0.367 e. The number of carbonyl (C=O) groups excluding carboxylic acids is 1. The van der Waals surface area contributed by atoms with Crippen molar-refractivity contribution in [3.63, 3.8) is 0 Å². The van der Waals surface area contributed by atoms with E-state index in [-0.39, 0.29) is 6.03 Å². The zero-order valence-corrected chi connectivity index (χ0v) is 11.6. The summed E-state index contributed by atoms with van der Waals surface area (Å²) in [6, 6.07) is 6.44. The lowest BCUT2D eigenvalue weighted by molar-refractivity contribution is 0.184. The second kappa shape index (κ2) is 6.41. The molecule has 1 aromatic heterocycles. The van der Waals surface area contributed by atoms with Crippen LogP contribution in [0.4, 0.5) is 10.6 Å². The molecule has 0 saturated carbocycles. The van der Waals surface area contributed by atoms with E-state index in [0.29, 0.717) is 12.6 Å². The summed E-state index contributed by atoms with van der Waals surface area (Å²) in [6.07, 6.45) is 1.93. The highest BCUT2D eigenvalue weighted by Crippen LogP contribution is 2.15. The number of urea groups is 1. The zero-order chi connectivity index (χ0) is 13.7. The molecule has 5 nitrogen and oxygen atoms in total. The van der Waals surface area contributed by atoms with Crippen molar-refractivity contribution in [3.8, 4) is 0 Å². The monoisotopic (exact) mass is 262 g/mol. The number of nitrogens with zero attached hydrogens (tertiary/aromatic N) is 2. The van der Waals surface area contributed by atoms with E-state index in [0.717, 1.165) is 37.4 Å². The molecule has 0 atom stereocenters. The summed E-state index contributed by atoms with van der Waals surface area (Å²) in [6.45, 7) is 6.22. The van der Waals surface area contributed by atoms with Crippen molar-refractivity contribution in [2.45, 2.75) is 32.7 Å². The van der Waals surface area contributed by atoms with Gasteiger partial charge in [0.2, 0.25) is 0 Å². The Kier molecular flexibility index (Phi) is 4.60. The fourth-order valence-electron chi connectivity index (χ4n) is 2.32. The first-order valence-corrected chi connectivity index (χ1v) is 6.92. The summed E-state index contributed by atoms with van der Waals surface area (Å²) in [5.74, 6) is 0.927. The van der Waals surface area contributed by atoms with Gasteiger partial charge >= 0.3 is 6.03 Å². The van der Waals surface area contributed by atoms with Crippen LogP contribution in [0, 0.1) is 6.92 Å². The second-order valence-corrected chi connectivity index (χ2v) is 4.91. The zero-order valence-electron chi connectivity index (χ0n) is 11.6. The maximum Gasteiger partial charge on any atom is 0.317 e. The van der Waals surface area contributed by atoms with Crippen molar-refractivity contribution in [2.24, 2.45) is 0 Å². The van der Waals surface area contributed by atoms with E-state index in [1.807, 2.05) is 36.9 Å². The molecule has 2 N–H and O–H groups in total. The molecular weight excluding hydrogens is 240 g/mol. The summed E-state index contributed by atoms with van der Waals surface area (Å²) in [5.41, 5.74) is 1.02. The minimum Gasteiger partial charge on any atom is -0.367 e. The molecule has 5 heteroatoms. The van der Waals surface area contributed by atoms with Gasteiger partial charge < -0.3 is 15.5 Å². The maximum absolute atomic E-state index is 11.7. The van der Waals surface area contributed by atoms with Crippen LogP contribution < -0.4 is 10.6 Å². The van der Waals surface area contributed by atoms with E-state index in [4.69, 9.17) is 0 Å². The summed E-state index contributed by atoms with van der Waals surface area (Å²) in [4.78, 5) is 18.0. The Morgan fingerprint density at radius 1 is 1.42 bits per heavy atom. The van der Waals surface area contributed by atoms with Crippen LogP contribution in [-0.2, 0) is 0 Å². The highest BCUT2D eigenvalue weighted by atomic mass is 16.2. The maximum atomic E-state index is 11.7. The molecule has 1 saturated heterocycles. The van der Waals surface area contributed by atoms with Gasteiger partial charge in [0.25, 0.3) is 0 Å². The van der Waals surface area contributed by atoms with Crippen LogP contribution in [0.1, 0.15) is 25.5 Å². The molecule has 19 heavy (non-hydrogen) atoms. The Hall–Kier alpha value is -1.78. The fourth-order valence-corrected chi connectivity index (χ4v) is 2.32. The van der Waals surface area contributed by atoms with Crippen LogP contribution in [0.2, 0.25) is 0 Å². The Morgan fingerprint density at radius 3 is 2.79 bits per heavy atom. The SMILES string of the molecule is CCNC(=O)N1CCC(Nc2cccc(C)n2)CC1. The average Bonchev–Trinajstić information content (AvgIpc) is 2.40. The Morgan fingerprint density at radius 2 is 2.16 bits per heavy atom. The number of aryl methyl sites for hydroxylation is 1. The topological polar surface area (TPSA) is 57.3 Å². The fraction of sp³-hybridized carbons (Fsp3) is 0.571. The van der Waals surface area contributed by atoms with Gasteiger partial charge in [0.05, 0.1) is 0 Å². The smallest absolute Gasteiger partial charge is 0.317 e. The third-order valence-electron chi connectivity index (χ3n) is 3.35. The number of nitrogens with one attached hydrogen (secondary N) is 2. The van der Waals surface area contributed by atoms with E-state index in [9.17, 15) is 4.79 Å². The van der Waals surface area contributed by atoms with Crippen molar-refractivity contribution < 1.29 is 4.79 Å². The molecule has 1 aliphatic rings. The lowest BCUT2D eigenvalue weighted by atomic mass is 10.1. The standard InChI is InChI=1S/C14H22N4O/c1-3-15-14(19)18-9-7-12(8-10-18)17-13-6-4-5-11(2)16-13/h4-6,12H,3,7-10H2,1-2H3,(H,15,19)(H,16,17). The highest BCUT2D eigenvalue weighted by Gasteiger charge is 2.22. The molecule has 0 bridgehead atoms. The number of anilines is 1. The Labute approximate surface area is 114 Å². The van der Waals surface area contributed by atoms with Crippen LogP contribution in [0.25, 0.3) is 0 Å². The van der Waals surface area contributed by atoms with Crippen molar-refractivity contribution in [1.82, 2.24) is 15.2 Å². The number of likely N-dealkylation sites (tertiary alicyclic amines) is 1. The van der Waals surface area contributed by atoms with Gasteiger partial charge in [-0.15, -0.1) is 0 Å². The van der Waals surface area contributed by atoms with Gasteiger partial charge in [0.1, 0.15) is 5.82 Å². The number of aromatic nitrogens is 1. The van der Waals surface area contributed by atoms with Crippen molar-refractivity contribution in [2.75, 3.05) is 25.0 Å². The van der Waals surface area contributed by atoms with Crippen LogP contribution in [0.5, 0.6) is 0 Å². The van der Waals surface area contributed by atoms with Gasteiger partial charge in [0.15, 0.2) is 0 Å². The molecule has 1 aromatic rings. The Balaban J connectivity index is 1.82. The van der Waals surface area contributed by atoms with Crippen LogP contribution >= 0.6 is 0 Å². The third kappa shape index (κ3) is 3.84. The van der Waals surface area contributed by atoms with E-state index in [2.05, 4.69) is 15.6 Å². The molecule has 0 spiro atoms. The molecular formula is C14H22N4O. The third-order valence-corrected chi connectivity index (χ3v) is 3.35. The van der Waals surface area contributed by atoms with Gasteiger partial charge in [-0.05, 0) is 38.8 Å². The molecule has 0 aromatic carbocycles. The summed E-state index contributed by atoms with van der Waals surface area (Å²) < 4.78 is 0. The predicted octanol–water partition coefficient (Wildman–Crippen LogP) is 2.00. The number of rotatable bonds is 3. The van der Waals surface area contributed by atoms with E-state index < -0.39 is 0 Å². The van der Waals surface area contributed by atoms with Gasteiger partial charge in [-0.1, -0.05) is 6.07 Å². The molecule has 2 rings (SSSR count). The lowest BCUT2D eigenvalue weighted by Crippen LogP contribution is -2.46. The first kappa shape index (κ1) is 13.6. The molecule has 104 valence electrons. The first-order valence-electron chi connectivity index (χ1n) is 6.92. The number of amides is 2.